The molecule has 0 fully saturated rings. The zero-order chi connectivity index (χ0) is 9.72. The lowest BCUT2D eigenvalue weighted by Gasteiger charge is -2.30. The van der Waals surface area contributed by atoms with Crippen LogP contribution < -0.4 is 0 Å². The summed E-state index contributed by atoms with van der Waals surface area (Å²) in [7, 11) is 0. The normalized spacial score (nSPS) is 14.8. The number of hydrogen-bond acceptors (Lipinski definition) is 1. The fourth-order valence-corrected chi connectivity index (χ4v) is 1.54. The Morgan fingerprint density at radius 2 is 1.42 bits per heavy atom. The molecule has 0 spiro atoms. The van der Waals surface area contributed by atoms with E-state index in [0.29, 0.717) is 17.5 Å². The summed E-state index contributed by atoms with van der Waals surface area (Å²) in [5, 5.41) is 0.296. The number of nitrogens with zero attached hydrogens (tertiary/aromatic N) is 1. The SMILES string of the molecule is CC(Cl)CCN(C(C)C)C(C)C. The highest BCUT2D eigenvalue weighted by molar-refractivity contribution is 6.20. The van der Waals surface area contributed by atoms with Gasteiger partial charge in [0, 0.05) is 24.0 Å². The summed E-state index contributed by atoms with van der Waals surface area (Å²) in [5.41, 5.74) is 0. The molecule has 1 unspecified atom stereocenters. The highest BCUT2D eigenvalue weighted by Crippen LogP contribution is 2.09. The van der Waals surface area contributed by atoms with E-state index >= 15 is 0 Å². The second-order valence-electron chi connectivity index (χ2n) is 3.99. The van der Waals surface area contributed by atoms with E-state index in [2.05, 4.69) is 39.5 Å². The molecule has 0 aliphatic heterocycles. The van der Waals surface area contributed by atoms with Crippen molar-refractivity contribution >= 4 is 11.6 Å². The van der Waals surface area contributed by atoms with Gasteiger partial charge in [0.05, 0.1) is 0 Å². The van der Waals surface area contributed by atoms with Crippen molar-refractivity contribution in [3.05, 3.63) is 0 Å². The Bertz CT molecular complexity index is 102. The first-order chi connectivity index (χ1) is 5.45. The van der Waals surface area contributed by atoms with Gasteiger partial charge in [-0.15, -0.1) is 11.6 Å². The minimum atomic E-state index is 0.296. The molecular formula is C10H22ClN. The minimum Gasteiger partial charge on any atom is -0.298 e. The maximum atomic E-state index is 5.90. The standard InChI is InChI=1S/C10H22ClN/c1-8(2)12(9(3)4)7-6-10(5)11/h8-10H,6-7H2,1-5H3. The fraction of sp³-hybridized carbons (Fsp3) is 1.00. The van der Waals surface area contributed by atoms with Gasteiger partial charge in [-0.3, -0.25) is 4.90 Å². The molecule has 0 aromatic rings. The predicted octanol–water partition coefficient (Wildman–Crippen LogP) is 3.12. The lowest BCUT2D eigenvalue weighted by molar-refractivity contribution is 0.173. The quantitative estimate of drug-likeness (QED) is 0.604. The van der Waals surface area contributed by atoms with Crippen LogP contribution in [0.25, 0.3) is 0 Å². The summed E-state index contributed by atoms with van der Waals surface area (Å²) in [5.74, 6) is 0. The third-order valence-corrected chi connectivity index (χ3v) is 2.33. The van der Waals surface area contributed by atoms with Gasteiger partial charge in [-0.25, -0.2) is 0 Å². The van der Waals surface area contributed by atoms with Crippen molar-refractivity contribution in [1.82, 2.24) is 4.90 Å². The average molecular weight is 192 g/mol. The van der Waals surface area contributed by atoms with Crippen molar-refractivity contribution in [2.45, 2.75) is 58.5 Å². The number of alkyl halides is 1. The molecule has 0 aromatic heterocycles. The lowest BCUT2D eigenvalue weighted by atomic mass is 10.2. The van der Waals surface area contributed by atoms with Crippen molar-refractivity contribution in [2.24, 2.45) is 0 Å². The Kier molecular flexibility index (Phi) is 5.94. The first-order valence-corrected chi connectivity index (χ1v) is 5.28. The average Bonchev–Trinajstić information content (AvgIpc) is 1.84. The van der Waals surface area contributed by atoms with Gasteiger partial charge < -0.3 is 0 Å². The fourth-order valence-electron chi connectivity index (χ4n) is 1.44. The smallest absolute Gasteiger partial charge is 0.0320 e. The zero-order valence-electron chi connectivity index (χ0n) is 8.97. The lowest BCUT2D eigenvalue weighted by Crippen LogP contribution is -2.38. The number of hydrogen-bond donors (Lipinski definition) is 0. The van der Waals surface area contributed by atoms with Gasteiger partial charge in [0.2, 0.25) is 0 Å². The zero-order valence-corrected chi connectivity index (χ0v) is 9.73. The van der Waals surface area contributed by atoms with Gasteiger partial charge in [0.25, 0.3) is 0 Å². The van der Waals surface area contributed by atoms with Crippen LogP contribution in [-0.4, -0.2) is 28.9 Å². The summed E-state index contributed by atoms with van der Waals surface area (Å²) < 4.78 is 0. The highest BCUT2D eigenvalue weighted by Gasteiger charge is 2.13. The van der Waals surface area contributed by atoms with Crippen molar-refractivity contribution < 1.29 is 0 Å². The first-order valence-electron chi connectivity index (χ1n) is 4.85. The summed E-state index contributed by atoms with van der Waals surface area (Å²) in [6.07, 6.45) is 1.08. The van der Waals surface area contributed by atoms with E-state index in [1.54, 1.807) is 0 Å². The van der Waals surface area contributed by atoms with Crippen molar-refractivity contribution in [3.8, 4) is 0 Å². The molecule has 74 valence electrons. The molecule has 1 nitrogen and oxygen atoms in total. The Morgan fingerprint density at radius 3 is 1.67 bits per heavy atom. The molecule has 12 heavy (non-hydrogen) atoms. The molecule has 0 saturated heterocycles. The highest BCUT2D eigenvalue weighted by atomic mass is 35.5. The number of rotatable bonds is 5. The van der Waals surface area contributed by atoms with Gasteiger partial charge in [-0.2, -0.15) is 0 Å². The molecular weight excluding hydrogens is 170 g/mol. The van der Waals surface area contributed by atoms with Crippen LogP contribution in [0.1, 0.15) is 41.0 Å². The third-order valence-electron chi connectivity index (χ3n) is 2.11. The molecule has 0 aliphatic rings. The molecule has 0 radical (unpaired) electrons. The van der Waals surface area contributed by atoms with E-state index in [1.807, 2.05) is 0 Å². The predicted molar refractivity (Wildman–Crippen MR) is 56.9 cm³/mol. The molecule has 0 heterocycles. The third kappa shape index (κ3) is 5.00. The van der Waals surface area contributed by atoms with Crippen molar-refractivity contribution in [3.63, 3.8) is 0 Å². The molecule has 0 aliphatic carbocycles. The molecule has 0 N–H and O–H groups in total. The Balaban J connectivity index is 3.80. The second-order valence-corrected chi connectivity index (χ2v) is 4.74. The Hall–Kier alpha value is 0.250. The van der Waals surface area contributed by atoms with E-state index in [4.69, 9.17) is 11.6 Å². The molecule has 0 aromatic carbocycles. The minimum absolute atomic E-state index is 0.296. The van der Waals surface area contributed by atoms with Gasteiger partial charge in [0.1, 0.15) is 0 Å². The Morgan fingerprint density at radius 1 is 1.00 bits per heavy atom. The first kappa shape index (κ1) is 12.2. The number of halogens is 1. The van der Waals surface area contributed by atoms with E-state index in [0.717, 1.165) is 13.0 Å². The molecule has 0 rings (SSSR count). The van der Waals surface area contributed by atoms with Crippen molar-refractivity contribution in [2.75, 3.05) is 6.54 Å². The summed E-state index contributed by atoms with van der Waals surface area (Å²) in [4.78, 5) is 2.47. The summed E-state index contributed by atoms with van der Waals surface area (Å²) in [6.45, 7) is 12.1. The largest absolute Gasteiger partial charge is 0.298 e. The topological polar surface area (TPSA) is 3.24 Å². The maximum Gasteiger partial charge on any atom is 0.0320 e. The van der Waals surface area contributed by atoms with Crippen LogP contribution in [-0.2, 0) is 0 Å². The molecule has 0 amide bonds. The Labute approximate surface area is 82.1 Å². The van der Waals surface area contributed by atoms with E-state index in [-0.39, 0.29) is 0 Å². The van der Waals surface area contributed by atoms with Crippen LogP contribution in [0.15, 0.2) is 0 Å². The van der Waals surface area contributed by atoms with E-state index < -0.39 is 0 Å². The van der Waals surface area contributed by atoms with E-state index in [1.165, 1.54) is 0 Å². The van der Waals surface area contributed by atoms with Crippen molar-refractivity contribution in [1.29, 1.82) is 0 Å². The van der Waals surface area contributed by atoms with Crippen LogP contribution in [0.4, 0.5) is 0 Å². The van der Waals surface area contributed by atoms with Crippen LogP contribution in [0, 0.1) is 0 Å². The molecule has 1 atom stereocenters. The maximum absolute atomic E-state index is 5.90. The second kappa shape index (κ2) is 5.82. The molecule has 2 heteroatoms. The van der Waals surface area contributed by atoms with Gasteiger partial charge >= 0.3 is 0 Å². The van der Waals surface area contributed by atoms with Crippen LogP contribution in [0.2, 0.25) is 0 Å². The van der Waals surface area contributed by atoms with Gasteiger partial charge in [-0.05, 0) is 41.0 Å². The summed E-state index contributed by atoms with van der Waals surface area (Å²) in [6, 6.07) is 1.25. The van der Waals surface area contributed by atoms with Gasteiger partial charge in [0.15, 0.2) is 0 Å². The summed E-state index contributed by atoms with van der Waals surface area (Å²) >= 11 is 5.90. The van der Waals surface area contributed by atoms with Crippen LogP contribution >= 0.6 is 11.6 Å². The monoisotopic (exact) mass is 191 g/mol. The molecule has 0 saturated carbocycles. The molecule has 0 bridgehead atoms. The van der Waals surface area contributed by atoms with E-state index in [9.17, 15) is 0 Å². The van der Waals surface area contributed by atoms with Crippen LogP contribution in [0.3, 0.4) is 0 Å². The van der Waals surface area contributed by atoms with Crippen LogP contribution in [0.5, 0.6) is 0 Å². The van der Waals surface area contributed by atoms with Gasteiger partial charge in [-0.1, -0.05) is 0 Å².